The topological polar surface area (TPSA) is 82.2 Å². The molecule has 0 aromatic rings. The molecule has 0 radical (unpaired) electrons. The Morgan fingerprint density at radius 1 is 1.59 bits per heavy atom. The summed E-state index contributed by atoms with van der Waals surface area (Å²) in [6.07, 6.45) is 3.03. The van der Waals surface area contributed by atoms with Crippen LogP contribution in [-0.4, -0.2) is 42.0 Å². The Kier molecular flexibility index (Phi) is 3.36. The molecule has 1 heterocycles. The molecule has 0 aromatic heterocycles. The Hall–Kier alpha value is -1.12. The van der Waals surface area contributed by atoms with Crippen molar-refractivity contribution in [2.45, 2.75) is 37.8 Å². The summed E-state index contributed by atoms with van der Waals surface area (Å²) in [7, 11) is 0. The van der Waals surface area contributed by atoms with E-state index in [-0.39, 0.29) is 11.9 Å². The zero-order valence-electron chi connectivity index (χ0n) is 10.3. The molecule has 94 valence electrons. The Morgan fingerprint density at radius 3 is 2.76 bits per heavy atom. The van der Waals surface area contributed by atoms with E-state index in [0.717, 1.165) is 32.4 Å². The molecule has 2 aliphatic rings. The summed E-state index contributed by atoms with van der Waals surface area (Å²) in [5.41, 5.74) is 5.11. The number of carbonyl (C=O) groups is 1. The van der Waals surface area contributed by atoms with Crippen molar-refractivity contribution in [3.05, 3.63) is 0 Å². The highest BCUT2D eigenvalue weighted by Gasteiger charge is 2.43. The molecule has 2 fully saturated rings. The lowest BCUT2D eigenvalue weighted by Crippen LogP contribution is -2.50. The predicted molar refractivity (Wildman–Crippen MR) is 63.9 cm³/mol. The largest absolute Gasteiger partial charge is 0.337 e. The summed E-state index contributed by atoms with van der Waals surface area (Å²) >= 11 is 0. The first kappa shape index (κ1) is 12.3. The highest BCUT2D eigenvalue weighted by molar-refractivity contribution is 5.79. The summed E-state index contributed by atoms with van der Waals surface area (Å²) < 4.78 is 0. The van der Waals surface area contributed by atoms with Crippen LogP contribution in [0.3, 0.4) is 0 Å². The number of carbonyl (C=O) groups excluding carboxylic acids is 1. The number of amides is 1. The van der Waals surface area contributed by atoms with Gasteiger partial charge in [-0.25, -0.2) is 0 Å². The minimum atomic E-state index is -0.682. The number of hydrogen-bond donors (Lipinski definition) is 2. The van der Waals surface area contributed by atoms with Gasteiger partial charge < -0.3 is 11.1 Å². The third kappa shape index (κ3) is 2.96. The first-order valence-corrected chi connectivity index (χ1v) is 6.23. The number of nitrogens with zero attached hydrogens (tertiary/aromatic N) is 2. The highest BCUT2D eigenvalue weighted by Crippen LogP contribution is 2.39. The molecule has 0 aromatic carbocycles. The molecule has 1 saturated carbocycles. The quantitative estimate of drug-likeness (QED) is 0.710. The fraction of sp³-hybridized carbons (Fsp3) is 0.833. The number of likely N-dealkylation sites (tertiary alicyclic amines) is 1. The van der Waals surface area contributed by atoms with Gasteiger partial charge in [0.05, 0.1) is 12.6 Å². The van der Waals surface area contributed by atoms with Crippen molar-refractivity contribution < 1.29 is 4.79 Å². The molecule has 1 unspecified atom stereocenters. The number of rotatable bonds is 4. The van der Waals surface area contributed by atoms with E-state index in [1.54, 1.807) is 0 Å². The lowest BCUT2D eigenvalue weighted by molar-refractivity contribution is -0.123. The second-order valence-electron chi connectivity index (χ2n) is 5.42. The maximum absolute atomic E-state index is 11.9. The van der Waals surface area contributed by atoms with Crippen molar-refractivity contribution in [1.82, 2.24) is 10.2 Å². The van der Waals surface area contributed by atoms with Crippen molar-refractivity contribution >= 4 is 5.91 Å². The lowest BCUT2D eigenvalue weighted by atomic mass is 9.98. The first-order chi connectivity index (χ1) is 8.03. The van der Waals surface area contributed by atoms with Crippen LogP contribution in [0, 0.1) is 17.2 Å². The molecule has 17 heavy (non-hydrogen) atoms. The van der Waals surface area contributed by atoms with E-state index in [4.69, 9.17) is 11.0 Å². The van der Waals surface area contributed by atoms with Gasteiger partial charge in [-0.3, -0.25) is 9.69 Å². The van der Waals surface area contributed by atoms with Crippen LogP contribution in [0.1, 0.15) is 26.2 Å². The van der Waals surface area contributed by atoms with Crippen molar-refractivity contribution in [1.29, 1.82) is 5.26 Å². The van der Waals surface area contributed by atoms with Crippen LogP contribution in [0.2, 0.25) is 0 Å². The van der Waals surface area contributed by atoms with Crippen molar-refractivity contribution in [2.75, 3.05) is 19.6 Å². The fourth-order valence-corrected chi connectivity index (χ4v) is 2.42. The van der Waals surface area contributed by atoms with E-state index in [2.05, 4.69) is 11.4 Å². The van der Waals surface area contributed by atoms with Gasteiger partial charge in [0.15, 0.2) is 0 Å². The van der Waals surface area contributed by atoms with Gasteiger partial charge in [0.2, 0.25) is 5.91 Å². The van der Waals surface area contributed by atoms with E-state index >= 15 is 0 Å². The molecule has 1 amide bonds. The van der Waals surface area contributed by atoms with Gasteiger partial charge in [-0.2, -0.15) is 5.26 Å². The molecular weight excluding hydrogens is 216 g/mol. The normalized spacial score (nSPS) is 28.4. The second kappa shape index (κ2) is 4.63. The molecule has 5 nitrogen and oxygen atoms in total. The second-order valence-corrected chi connectivity index (χ2v) is 5.42. The summed E-state index contributed by atoms with van der Waals surface area (Å²) in [6.45, 7) is 3.83. The average molecular weight is 236 g/mol. The third-order valence-corrected chi connectivity index (χ3v) is 3.70. The monoisotopic (exact) mass is 236 g/mol. The molecule has 3 N–H and O–H groups in total. The van der Waals surface area contributed by atoms with Gasteiger partial charge in [-0.05, 0) is 32.1 Å². The maximum atomic E-state index is 11.9. The van der Waals surface area contributed by atoms with Gasteiger partial charge in [0.25, 0.3) is 0 Å². The molecule has 2 atom stereocenters. The molecule has 0 bridgehead atoms. The molecule has 5 heteroatoms. The van der Waals surface area contributed by atoms with Gasteiger partial charge in [0, 0.05) is 19.1 Å². The summed E-state index contributed by atoms with van der Waals surface area (Å²) in [5.74, 6) is 0.271. The van der Waals surface area contributed by atoms with E-state index in [9.17, 15) is 4.79 Å². The Morgan fingerprint density at radius 2 is 2.29 bits per heavy atom. The van der Waals surface area contributed by atoms with Gasteiger partial charge in [-0.1, -0.05) is 0 Å². The number of nitrogens with one attached hydrogen (secondary N) is 1. The molecule has 1 saturated heterocycles. The van der Waals surface area contributed by atoms with Gasteiger partial charge >= 0.3 is 0 Å². The van der Waals surface area contributed by atoms with Crippen molar-refractivity contribution in [2.24, 2.45) is 11.7 Å². The fourth-order valence-electron chi connectivity index (χ4n) is 2.42. The first-order valence-electron chi connectivity index (χ1n) is 6.23. The zero-order valence-corrected chi connectivity index (χ0v) is 10.3. The Labute approximate surface area is 102 Å². The highest BCUT2D eigenvalue weighted by atomic mass is 16.2. The maximum Gasteiger partial charge on any atom is 0.235 e. The smallest absolute Gasteiger partial charge is 0.235 e. The summed E-state index contributed by atoms with van der Waals surface area (Å²) in [6, 6.07) is 2.42. The zero-order chi connectivity index (χ0) is 12.5. The number of nitrogens with two attached hydrogens (primary N) is 1. The summed E-state index contributed by atoms with van der Waals surface area (Å²) in [4.78, 5) is 13.9. The minimum absolute atomic E-state index is 0.0601. The number of nitriles is 1. The van der Waals surface area contributed by atoms with Gasteiger partial charge in [0.1, 0.15) is 5.54 Å². The predicted octanol–water partition coefficient (Wildman–Crippen LogP) is -0.172. The van der Waals surface area contributed by atoms with Crippen LogP contribution < -0.4 is 11.1 Å². The molecular formula is C12H20N4O. The Balaban J connectivity index is 1.82. The van der Waals surface area contributed by atoms with Crippen LogP contribution in [-0.2, 0) is 4.79 Å². The van der Waals surface area contributed by atoms with Crippen LogP contribution >= 0.6 is 0 Å². The number of hydrogen-bond acceptors (Lipinski definition) is 4. The minimum Gasteiger partial charge on any atom is -0.337 e. The van der Waals surface area contributed by atoms with Gasteiger partial charge in [-0.15, -0.1) is 0 Å². The molecule has 1 aliphatic heterocycles. The average Bonchev–Trinajstić information content (AvgIpc) is 3.04. The van der Waals surface area contributed by atoms with Crippen molar-refractivity contribution in [3.8, 4) is 6.07 Å². The van der Waals surface area contributed by atoms with Crippen LogP contribution in [0.5, 0.6) is 0 Å². The summed E-state index contributed by atoms with van der Waals surface area (Å²) in [5, 5.41) is 12.0. The lowest BCUT2D eigenvalue weighted by Gasteiger charge is -2.24. The molecule has 2 rings (SSSR count). The van der Waals surface area contributed by atoms with E-state index in [1.807, 2.05) is 11.8 Å². The van der Waals surface area contributed by atoms with Crippen LogP contribution in [0.25, 0.3) is 0 Å². The molecule has 0 spiro atoms. The van der Waals surface area contributed by atoms with E-state index in [0.29, 0.717) is 12.5 Å². The standard InChI is InChI=1S/C12H20N4O/c1-12(8-13,9-2-3-9)15-11(17)7-16-5-4-10(14)6-16/h9-10H,2-7,14H2,1H3,(H,15,17)/t10-,12?/m1/s1. The van der Waals surface area contributed by atoms with E-state index < -0.39 is 5.54 Å². The third-order valence-electron chi connectivity index (χ3n) is 3.70. The van der Waals surface area contributed by atoms with Crippen LogP contribution in [0.4, 0.5) is 0 Å². The molecule has 1 aliphatic carbocycles. The van der Waals surface area contributed by atoms with Crippen molar-refractivity contribution in [3.63, 3.8) is 0 Å². The Bertz CT molecular complexity index is 347. The van der Waals surface area contributed by atoms with E-state index in [1.165, 1.54) is 0 Å². The SMILES string of the molecule is CC(C#N)(NC(=O)CN1CC[C@@H](N)C1)C1CC1. The van der Waals surface area contributed by atoms with Crippen LogP contribution in [0.15, 0.2) is 0 Å².